The summed E-state index contributed by atoms with van der Waals surface area (Å²) in [5.41, 5.74) is 9.98. The molecule has 0 saturated carbocycles. The van der Waals surface area contributed by atoms with Crippen molar-refractivity contribution < 1.29 is 9.84 Å². The molecule has 3 heteroatoms. The van der Waals surface area contributed by atoms with Crippen LogP contribution in [0.3, 0.4) is 0 Å². The molecule has 0 heterocycles. The van der Waals surface area contributed by atoms with Crippen LogP contribution in [0.15, 0.2) is 18.2 Å². The first-order valence-electron chi connectivity index (χ1n) is 8.16. The summed E-state index contributed by atoms with van der Waals surface area (Å²) in [6.07, 6.45) is 8.72. The number of aliphatic hydroxyl groups excluding tert-OH is 1. The molecule has 0 aliphatic heterocycles. The number of ether oxygens (including phenoxy) is 1. The molecule has 118 valence electrons. The fourth-order valence-corrected chi connectivity index (χ4v) is 3.16. The van der Waals surface area contributed by atoms with Crippen molar-refractivity contribution in [3.8, 4) is 0 Å². The van der Waals surface area contributed by atoms with Gasteiger partial charge in [-0.25, -0.2) is 0 Å². The van der Waals surface area contributed by atoms with Gasteiger partial charge in [-0.05, 0) is 55.2 Å². The minimum atomic E-state index is -0.411. The second-order valence-corrected chi connectivity index (χ2v) is 6.46. The van der Waals surface area contributed by atoms with Crippen LogP contribution in [0.1, 0.15) is 48.8 Å². The van der Waals surface area contributed by atoms with Gasteiger partial charge in [-0.3, -0.25) is 0 Å². The van der Waals surface area contributed by atoms with Crippen molar-refractivity contribution in [2.75, 3.05) is 20.3 Å². The number of hydrogen-bond donors (Lipinski definition) is 2. The number of aliphatic hydroxyl groups is 1. The zero-order valence-electron chi connectivity index (χ0n) is 13.2. The van der Waals surface area contributed by atoms with Gasteiger partial charge in [0.1, 0.15) is 0 Å². The molecule has 2 rings (SSSR count). The molecule has 1 aromatic carbocycles. The molecule has 1 aliphatic rings. The summed E-state index contributed by atoms with van der Waals surface area (Å²) in [5.74, 6) is 0. The van der Waals surface area contributed by atoms with Gasteiger partial charge in [-0.15, -0.1) is 0 Å². The van der Waals surface area contributed by atoms with Gasteiger partial charge in [0.2, 0.25) is 0 Å². The number of nitrogens with two attached hydrogens (primary N) is 1. The average molecular weight is 291 g/mol. The van der Waals surface area contributed by atoms with Crippen molar-refractivity contribution in [2.24, 2.45) is 5.73 Å². The number of aryl methyl sites for hydroxylation is 2. The normalized spacial score (nSPS) is 21.3. The summed E-state index contributed by atoms with van der Waals surface area (Å²) in [6, 6.07) is 6.82. The number of benzene rings is 1. The molecule has 0 aromatic heterocycles. The maximum Gasteiger partial charge on any atom is 0.0614 e. The summed E-state index contributed by atoms with van der Waals surface area (Å²) < 4.78 is 5.07. The summed E-state index contributed by atoms with van der Waals surface area (Å²) >= 11 is 0. The predicted molar refractivity (Wildman–Crippen MR) is 86.5 cm³/mol. The van der Waals surface area contributed by atoms with Gasteiger partial charge in [-0.1, -0.05) is 31.0 Å². The molecule has 21 heavy (non-hydrogen) atoms. The van der Waals surface area contributed by atoms with Crippen molar-refractivity contribution in [1.82, 2.24) is 0 Å². The van der Waals surface area contributed by atoms with E-state index in [-0.39, 0.29) is 6.61 Å². The maximum absolute atomic E-state index is 9.45. The van der Waals surface area contributed by atoms with Crippen molar-refractivity contribution in [2.45, 2.75) is 56.9 Å². The second-order valence-electron chi connectivity index (χ2n) is 6.46. The number of unbranched alkanes of at least 4 members (excludes halogenated alkanes) is 3. The molecular weight excluding hydrogens is 262 g/mol. The Labute approximate surface area is 128 Å². The second kappa shape index (κ2) is 7.92. The average Bonchev–Trinajstić information content (AvgIpc) is 2.50. The van der Waals surface area contributed by atoms with Gasteiger partial charge in [0.05, 0.1) is 6.61 Å². The lowest BCUT2D eigenvalue weighted by Gasteiger charge is -2.33. The van der Waals surface area contributed by atoms with E-state index in [4.69, 9.17) is 10.5 Å². The molecule has 3 N–H and O–H groups in total. The highest BCUT2D eigenvalue weighted by Gasteiger charge is 2.29. The zero-order chi connectivity index (χ0) is 15.1. The van der Waals surface area contributed by atoms with Crippen molar-refractivity contribution in [1.29, 1.82) is 0 Å². The number of hydrogen-bond acceptors (Lipinski definition) is 3. The molecule has 1 atom stereocenters. The number of methoxy groups -OCH3 is 1. The van der Waals surface area contributed by atoms with E-state index < -0.39 is 5.54 Å². The van der Waals surface area contributed by atoms with Crippen LogP contribution < -0.4 is 5.73 Å². The molecule has 0 bridgehead atoms. The van der Waals surface area contributed by atoms with E-state index in [1.165, 1.54) is 36.0 Å². The fourth-order valence-electron chi connectivity index (χ4n) is 3.16. The van der Waals surface area contributed by atoms with Gasteiger partial charge in [-0.2, -0.15) is 0 Å². The molecule has 1 aromatic rings. The highest BCUT2D eigenvalue weighted by molar-refractivity contribution is 5.36. The number of fused-ring (bicyclic) bond motifs is 1. The van der Waals surface area contributed by atoms with Crippen LogP contribution in [-0.4, -0.2) is 31.0 Å². The third kappa shape index (κ3) is 4.80. The van der Waals surface area contributed by atoms with Gasteiger partial charge in [0.25, 0.3) is 0 Å². The standard InChI is InChI=1S/C18H29NO2/c1-21-11-5-3-2-4-6-15-7-8-16-9-10-18(19,14-20)13-17(16)12-15/h7-8,12,20H,2-6,9-11,13-14,19H2,1H3. The van der Waals surface area contributed by atoms with Gasteiger partial charge in [0.15, 0.2) is 0 Å². The summed E-state index contributed by atoms with van der Waals surface area (Å²) in [5, 5.41) is 9.45. The van der Waals surface area contributed by atoms with Crippen LogP contribution >= 0.6 is 0 Å². The maximum atomic E-state index is 9.45. The summed E-state index contributed by atoms with van der Waals surface area (Å²) in [4.78, 5) is 0. The lowest BCUT2D eigenvalue weighted by molar-refractivity contribution is 0.181. The molecule has 0 saturated heterocycles. The Morgan fingerprint density at radius 2 is 2.00 bits per heavy atom. The Morgan fingerprint density at radius 3 is 2.76 bits per heavy atom. The lowest BCUT2D eigenvalue weighted by Crippen LogP contribution is -2.48. The zero-order valence-corrected chi connectivity index (χ0v) is 13.2. The highest BCUT2D eigenvalue weighted by Crippen LogP contribution is 2.28. The smallest absolute Gasteiger partial charge is 0.0614 e. The molecular formula is C18H29NO2. The SMILES string of the molecule is COCCCCCCc1ccc2c(c1)CC(N)(CO)CC2. The van der Waals surface area contributed by atoms with E-state index in [0.29, 0.717) is 0 Å². The lowest BCUT2D eigenvalue weighted by atomic mass is 9.78. The fraction of sp³-hybridized carbons (Fsp3) is 0.667. The van der Waals surface area contributed by atoms with Crippen LogP contribution in [0.5, 0.6) is 0 Å². The molecule has 1 unspecified atom stereocenters. The van der Waals surface area contributed by atoms with Gasteiger partial charge < -0.3 is 15.6 Å². The van der Waals surface area contributed by atoms with E-state index in [2.05, 4.69) is 18.2 Å². The first-order valence-corrected chi connectivity index (χ1v) is 8.16. The minimum absolute atomic E-state index is 0.0795. The van der Waals surface area contributed by atoms with E-state index >= 15 is 0 Å². The molecule has 3 nitrogen and oxygen atoms in total. The Hall–Kier alpha value is -0.900. The monoisotopic (exact) mass is 291 g/mol. The molecule has 0 spiro atoms. The third-order valence-electron chi connectivity index (χ3n) is 4.58. The molecule has 0 radical (unpaired) electrons. The summed E-state index contributed by atoms with van der Waals surface area (Å²) in [7, 11) is 1.76. The minimum Gasteiger partial charge on any atom is -0.394 e. The van der Waals surface area contributed by atoms with E-state index in [0.717, 1.165) is 38.7 Å². The Bertz CT molecular complexity index is 447. The van der Waals surface area contributed by atoms with Crippen molar-refractivity contribution in [3.63, 3.8) is 0 Å². The van der Waals surface area contributed by atoms with Crippen LogP contribution in [-0.2, 0) is 24.0 Å². The predicted octanol–water partition coefficient (Wildman–Crippen LogP) is 2.61. The number of rotatable bonds is 8. The van der Waals surface area contributed by atoms with Crippen LogP contribution in [0.25, 0.3) is 0 Å². The Balaban J connectivity index is 1.84. The third-order valence-corrected chi connectivity index (χ3v) is 4.58. The van der Waals surface area contributed by atoms with Crippen molar-refractivity contribution >= 4 is 0 Å². The van der Waals surface area contributed by atoms with Crippen LogP contribution in [0.2, 0.25) is 0 Å². The first-order chi connectivity index (χ1) is 10.2. The van der Waals surface area contributed by atoms with Gasteiger partial charge >= 0.3 is 0 Å². The largest absolute Gasteiger partial charge is 0.394 e. The Morgan fingerprint density at radius 1 is 1.19 bits per heavy atom. The van der Waals surface area contributed by atoms with Crippen LogP contribution in [0.4, 0.5) is 0 Å². The molecule has 0 amide bonds. The van der Waals surface area contributed by atoms with Gasteiger partial charge in [0, 0.05) is 19.3 Å². The Kier molecular flexibility index (Phi) is 6.22. The molecule has 1 aliphatic carbocycles. The van der Waals surface area contributed by atoms with E-state index in [1.54, 1.807) is 7.11 Å². The van der Waals surface area contributed by atoms with Crippen LogP contribution in [0, 0.1) is 0 Å². The quantitative estimate of drug-likeness (QED) is 0.724. The summed E-state index contributed by atoms with van der Waals surface area (Å²) in [6.45, 7) is 0.953. The van der Waals surface area contributed by atoms with Crippen molar-refractivity contribution in [3.05, 3.63) is 34.9 Å². The molecule has 0 fully saturated rings. The topological polar surface area (TPSA) is 55.5 Å². The first kappa shape index (κ1) is 16.5. The highest BCUT2D eigenvalue weighted by atomic mass is 16.5. The van der Waals surface area contributed by atoms with E-state index in [9.17, 15) is 5.11 Å². The van der Waals surface area contributed by atoms with E-state index in [1.807, 2.05) is 0 Å².